The van der Waals surface area contributed by atoms with Crippen LogP contribution in [0.5, 0.6) is 0 Å². The molecule has 2 nitrogen and oxygen atoms in total. The quantitative estimate of drug-likeness (QED) is 0.0355. The number of aromatic nitrogens is 2. The van der Waals surface area contributed by atoms with Crippen LogP contribution >= 0.6 is 102 Å². The van der Waals surface area contributed by atoms with Crippen molar-refractivity contribution < 1.29 is 0 Å². The summed E-state index contributed by atoms with van der Waals surface area (Å²) in [5.74, 6) is 0. The van der Waals surface area contributed by atoms with E-state index in [1.165, 1.54) is 337 Å². The molecule has 0 radical (unpaired) electrons. The lowest BCUT2D eigenvalue weighted by Crippen LogP contribution is -1.87. The largest absolute Gasteiger partial charge is 0.172 e. The maximum Gasteiger partial charge on any atom is 0.114 e. The zero-order valence-electron chi connectivity index (χ0n) is 65.9. The highest BCUT2D eigenvalue weighted by Crippen LogP contribution is 2.54. The van der Waals surface area contributed by atoms with Crippen molar-refractivity contribution in [2.45, 2.75) is 326 Å². The Kier molecular flexibility index (Phi) is 33.4. The van der Waals surface area contributed by atoms with Gasteiger partial charge in [-0.3, -0.25) is 0 Å². The first kappa shape index (κ1) is 81.8. The van der Waals surface area contributed by atoms with Gasteiger partial charge in [-0.2, -0.15) is 8.75 Å². The molecule has 0 atom stereocenters. The fourth-order valence-corrected chi connectivity index (χ4v) is 26.4. The van der Waals surface area contributed by atoms with Crippen molar-refractivity contribution in [3.63, 3.8) is 0 Å². The zero-order chi connectivity index (χ0) is 73.3. The van der Waals surface area contributed by atoms with Crippen molar-refractivity contribution in [2.24, 2.45) is 0 Å². The third kappa shape index (κ3) is 21.9. The van der Waals surface area contributed by atoms with Gasteiger partial charge in [-0.15, -0.1) is 90.7 Å². The molecule has 0 aliphatic carbocycles. The summed E-state index contributed by atoms with van der Waals surface area (Å²) in [5.41, 5.74) is 19.7. The van der Waals surface area contributed by atoms with E-state index in [1.807, 2.05) is 22.7 Å². The molecule has 0 N–H and O–H groups in total. The highest BCUT2D eigenvalue weighted by atomic mass is 32.1. The number of nitrogens with zero attached hydrogens (tertiary/aromatic N) is 2. The number of fused-ring (bicyclic) bond motifs is 1. The number of unbranched alkanes of at least 4 members (excludes halogenated alkanes) is 24. The molecular weight excluding hydrogens is 1450 g/mol. The van der Waals surface area contributed by atoms with Crippen LogP contribution in [0.3, 0.4) is 0 Å². The first-order valence-electron chi connectivity index (χ1n) is 41.9. The van der Waals surface area contributed by atoms with Crippen LogP contribution in [-0.4, -0.2) is 8.75 Å². The van der Waals surface area contributed by atoms with E-state index < -0.39 is 0 Å². The van der Waals surface area contributed by atoms with E-state index in [-0.39, 0.29) is 0 Å². The Morgan fingerprint density at radius 1 is 0.229 bits per heavy atom. The summed E-state index contributed by atoms with van der Waals surface area (Å²) in [5, 5.41) is 0. The van der Waals surface area contributed by atoms with Crippen molar-refractivity contribution >= 4 is 113 Å². The third-order valence-electron chi connectivity index (χ3n) is 21.7. The fraction of sp³-hybridized carbons (Fsp3) is 0.532. The zero-order valence-corrected chi connectivity index (χ0v) is 73.3. The third-order valence-corrected chi connectivity index (χ3v) is 32.7. The Labute approximate surface area is 671 Å². The average molecular weight is 1570 g/mol. The molecule has 2 aromatic carbocycles. The lowest BCUT2D eigenvalue weighted by Gasteiger charge is -2.04. The van der Waals surface area contributed by atoms with Crippen LogP contribution in [0.15, 0.2) is 84.9 Å². The molecule has 105 heavy (non-hydrogen) atoms. The maximum absolute atomic E-state index is 5.29. The van der Waals surface area contributed by atoms with Gasteiger partial charge in [0.1, 0.15) is 11.0 Å². The number of hydrogen-bond acceptors (Lipinski definition) is 11. The minimum atomic E-state index is 1.06. The maximum atomic E-state index is 5.29. The summed E-state index contributed by atoms with van der Waals surface area (Å²) in [6.45, 7) is 23.4. The predicted octanol–water partition coefficient (Wildman–Crippen LogP) is 34.8. The molecule has 0 aliphatic rings. The standard InChI is InChI=1S/C94H124N2S9/c1-11-19-27-35-43-68-57-80(97-66(68)10)89-72(47-39-31-23-15-5)61-84(101-89)93-74(49-41-33-25-17-7)62-82(102-93)90-70(45-37-29-21-13-3)58-78(98-90)76-55-56-77(87-86(76)95-105-96-87)79-59-71(46-38-30-22-14-4)91(99-79)83-63-75(50-42-34-26-18-8)94(103-83)85-64-73(48-40-32-24-16-6)92(104-85)81-60-69(44-36-28-20-12-2)88(100-81)67-53-51-65(9)52-54-67/h51-64H,11-50H2,1-10H3. The Hall–Kier alpha value is -4.14. The van der Waals surface area contributed by atoms with Gasteiger partial charge in [0.05, 0.1) is 11.7 Å². The molecule has 9 heterocycles. The van der Waals surface area contributed by atoms with Crippen molar-refractivity contribution in [1.82, 2.24) is 8.75 Å². The topological polar surface area (TPSA) is 25.8 Å². The Morgan fingerprint density at radius 3 is 0.743 bits per heavy atom. The van der Waals surface area contributed by atoms with E-state index in [0.29, 0.717) is 0 Å². The Morgan fingerprint density at radius 2 is 0.457 bits per heavy atom. The van der Waals surface area contributed by atoms with Crippen molar-refractivity contribution in [1.29, 1.82) is 0 Å². The van der Waals surface area contributed by atoms with Crippen LogP contribution in [0, 0.1) is 13.8 Å². The molecule has 11 aromatic rings. The number of thiophene rings is 8. The number of hydrogen-bond donors (Lipinski definition) is 0. The molecule has 0 spiro atoms. The number of rotatable bonds is 49. The van der Waals surface area contributed by atoms with Crippen LogP contribution in [0.1, 0.15) is 316 Å². The normalized spacial score (nSPS) is 11.9. The van der Waals surface area contributed by atoms with Gasteiger partial charge in [-0.25, -0.2) is 0 Å². The van der Waals surface area contributed by atoms with Crippen LogP contribution in [0.25, 0.3) is 101 Å². The Bertz CT molecular complexity index is 4380. The monoisotopic (exact) mass is 1570 g/mol. The van der Waals surface area contributed by atoms with Gasteiger partial charge in [0, 0.05) is 89.2 Å². The van der Waals surface area contributed by atoms with Gasteiger partial charge in [-0.1, -0.05) is 251 Å². The molecule has 564 valence electrons. The smallest absolute Gasteiger partial charge is 0.114 e. The van der Waals surface area contributed by atoms with Crippen molar-refractivity contribution in [2.75, 3.05) is 0 Å². The second-order valence-corrected chi connectivity index (χ2v) is 39.6. The number of benzene rings is 2. The lowest BCUT2D eigenvalue weighted by atomic mass is 10.0. The molecule has 0 unspecified atom stereocenters. The summed E-state index contributed by atoms with van der Waals surface area (Å²) in [7, 11) is 0. The molecular formula is C94H124N2S9. The van der Waals surface area contributed by atoms with Crippen molar-refractivity contribution in [3.8, 4) is 89.8 Å². The molecule has 0 bridgehead atoms. The SMILES string of the molecule is CCCCCCc1cc(-c2sc(-c3sc(-c4sc(-c5ccc(-c6cc(CCCCCC)c(-c7cc(CCCCCC)c(-c8cc(CCCCCC)c(-c9cc(CCCCCC)c(-c%10ccc(C)cc%10)s9)s8)s7)s6)c6nsnc56)cc4CCCCCC)cc3CCCCCC)cc2CCCCCC)sc1C. The molecule has 0 saturated carbocycles. The fourth-order valence-electron chi connectivity index (χ4n) is 15.4. The second kappa shape index (κ2) is 42.9. The van der Waals surface area contributed by atoms with E-state index in [4.69, 9.17) is 8.75 Å². The van der Waals surface area contributed by atoms with Crippen molar-refractivity contribution in [3.05, 3.63) is 140 Å². The molecule has 0 fully saturated rings. The van der Waals surface area contributed by atoms with E-state index in [2.05, 4.69) is 222 Å². The second-order valence-electron chi connectivity index (χ2n) is 30.4. The average Bonchev–Trinajstić information content (AvgIpc) is 1.61. The molecule has 0 aliphatic heterocycles. The summed E-state index contributed by atoms with van der Waals surface area (Å²) in [4.78, 5) is 23.6. The van der Waals surface area contributed by atoms with Gasteiger partial charge in [0.15, 0.2) is 0 Å². The molecule has 0 saturated heterocycles. The van der Waals surface area contributed by atoms with E-state index in [0.717, 1.165) is 49.6 Å². The van der Waals surface area contributed by atoms with Crippen LogP contribution in [0.2, 0.25) is 0 Å². The predicted molar refractivity (Wildman–Crippen MR) is 482 cm³/mol. The summed E-state index contributed by atoms with van der Waals surface area (Å²) < 4.78 is 10.6. The lowest BCUT2D eigenvalue weighted by molar-refractivity contribution is 0.666. The molecule has 9 aromatic heterocycles. The highest BCUT2D eigenvalue weighted by molar-refractivity contribution is 7.30. The van der Waals surface area contributed by atoms with E-state index in [1.54, 1.807) is 38.3 Å². The summed E-state index contributed by atoms with van der Waals surface area (Å²) in [6, 6.07) is 35.3. The highest BCUT2D eigenvalue weighted by Gasteiger charge is 2.27. The van der Waals surface area contributed by atoms with Gasteiger partial charge >= 0.3 is 0 Å². The van der Waals surface area contributed by atoms with Gasteiger partial charge in [0.25, 0.3) is 0 Å². The number of aryl methyl sites for hydroxylation is 10. The van der Waals surface area contributed by atoms with E-state index >= 15 is 0 Å². The molecule has 11 heteroatoms. The van der Waals surface area contributed by atoms with E-state index in [9.17, 15) is 0 Å². The first-order valence-corrected chi connectivity index (χ1v) is 49.2. The van der Waals surface area contributed by atoms with Gasteiger partial charge < -0.3 is 0 Å². The van der Waals surface area contributed by atoms with Gasteiger partial charge in [-0.05, 0) is 215 Å². The van der Waals surface area contributed by atoms with Gasteiger partial charge in [0.2, 0.25) is 0 Å². The first-order chi connectivity index (χ1) is 51.6. The van der Waals surface area contributed by atoms with Crippen LogP contribution in [-0.2, 0) is 51.4 Å². The minimum absolute atomic E-state index is 1.06. The summed E-state index contributed by atoms with van der Waals surface area (Å²) in [6.07, 6.45) is 50.0. The Balaban J connectivity index is 0.970. The minimum Gasteiger partial charge on any atom is -0.172 e. The van der Waals surface area contributed by atoms with Crippen LogP contribution in [0.4, 0.5) is 0 Å². The summed E-state index contributed by atoms with van der Waals surface area (Å²) >= 11 is 18.0. The molecule has 0 amide bonds. The van der Waals surface area contributed by atoms with Crippen LogP contribution < -0.4 is 0 Å². The molecule has 11 rings (SSSR count).